The summed E-state index contributed by atoms with van der Waals surface area (Å²) in [7, 11) is 1.69. The van der Waals surface area contributed by atoms with Gasteiger partial charge in [-0.15, -0.1) is 0 Å². The highest BCUT2D eigenvalue weighted by Crippen LogP contribution is 2.51. The van der Waals surface area contributed by atoms with E-state index in [1.807, 2.05) is 57.2 Å². The van der Waals surface area contributed by atoms with E-state index in [0.717, 1.165) is 72.1 Å². The molecule has 7 nitrogen and oxygen atoms in total. The fraction of sp³-hybridized carbons (Fsp3) is 0.341. The molecular weight excluding hydrogens is 604 g/mol. The number of benzene rings is 4. The SMILES string of the molecule is COc1ccc(C2(c3ccc(OC(=O)CC(=O)Oc4ccc(C5(c6ccc(OC=O)c(C)c6)CCC5)cc4C)c(C)c3)CCC2)cc1C. The van der Waals surface area contributed by atoms with E-state index in [2.05, 4.69) is 37.3 Å². The van der Waals surface area contributed by atoms with E-state index in [4.69, 9.17) is 18.9 Å². The van der Waals surface area contributed by atoms with Crippen molar-refractivity contribution in [1.82, 2.24) is 0 Å². The maximum atomic E-state index is 12.8. The summed E-state index contributed by atoms with van der Waals surface area (Å²) in [6.07, 6.45) is 5.84. The highest BCUT2D eigenvalue weighted by Gasteiger charge is 2.42. The average molecular weight is 647 g/mol. The van der Waals surface area contributed by atoms with Crippen LogP contribution in [0.3, 0.4) is 0 Å². The number of hydrogen-bond acceptors (Lipinski definition) is 7. The third kappa shape index (κ3) is 6.10. The Kier molecular flexibility index (Phi) is 9.15. The lowest BCUT2D eigenvalue weighted by atomic mass is 9.60. The van der Waals surface area contributed by atoms with Gasteiger partial charge in [0.05, 0.1) is 7.11 Å². The number of methoxy groups -OCH3 is 1. The molecule has 2 saturated carbocycles. The first-order valence-corrected chi connectivity index (χ1v) is 16.6. The van der Waals surface area contributed by atoms with Crippen LogP contribution in [0.2, 0.25) is 0 Å². The molecule has 0 amide bonds. The first-order chi connectivity index (χ1) is 23.1. The van der Waals surface area contributed by atoms with Gasteiger partial charge in [0.25, 0.3) is 6.47 Å². The molecule has 0 bridgehead atoms. The third-order valence-corrected chi connectivity index (χ3v) is 10.5. The van der Waals surface area contributed by atoms with Crippen LogP contribution in [0.4, 0.5) is 0 Å². The van der Waals surface area contributed by atoms with Crippen LogP contribution in [0.5, 0.6) is 23.0 Å². The molecule has 0 atom stereocenters. The Hall–Kier alpha value is -4.91. The fourth-order valence-corrected chi connectivity index (χ4v) is 7.41. The molecule has 0 aromatic heterocycles. The lowest BCUT2D eigenvalue weighted by Crippen LogP contribution is -2.35. The van der Waals surface area contributed by atoms with Crippen LogP contribution in [-0.2, 0) is 25.2 Å². The Morgan fingerprint density at radius 2 is 0.938 bits per heavy atom. The lowest BCUT2D eigenvalue weighted by molar-refractivity contribution is -0.144. The van der Waals surface area contributed by atoms with Crippen LogP contribution < -0.4 is 18.9 Å². The summed E-state index contributed by atoms with van der Waals surface area (Å²) in [5.74, 6) is 0.935. The van der Waals surface area contributed by atoms with Gasteiger partial charge in [0.1, 0.15) is 29.4 Å². The molecule has 2 fully saturated rings. The van der Waals surface area contributed by atoms with E-state index >= 15 is 0 Å². The van der Waals surface area contributed by atoms with Crippen molar-refractivity contribution in [2.45, 2.75) is 83.5 Å². The molecule has 4 aromatic carbocycles. The number of carbonyl (C=O) groups is 3. The molecule has 0 spiro atoms. The van der Waals surface area contributed by atoms with Gasteiger partial charge in [-0.3, -0.25) is 14.4 Å². The van der Waals surface area contributed by atoms with Gasteiger partial charge < -0.3 is 18.9 Å². The summed E-state index contributed by atoms with van der Waals surface area (Å²) < 4.78 is 21.8. The molecule has 7 heteroatoms. The minimum Gasteiger partial charge on any atom is -0.496 e. The van der Waals surface area contributed by atoms with Gasteiger partial charge in [0.2, 0.25) is 0 Å². The Morgan fingerprint density at radius 1 is 0.583 bits per heavy atom. The van der Waals surface area contributed by atoms with Gasteiger partial charge in [-0.2, -0.15) is 0 Å². The standard InChI is InChI=1S/C41H42O7/c1-26-20-30(8-12-34(26)45-5)40(16-6-17-40)32-10-14-36(28(3)22-32)47-38(43)24-39(44)48-37-15-11-33(23-29(37)4)41(18-7-19-41)31-9-13-35(46-25-42)27(2)21-31/h8-15,20-23,25H,6-7,16-19,24H2,1-5H3. The summed E-state index contributed by atoms with van der Waals surface area (Å²) >= 11 is 0. The number of esters is 2. The van der Waals surface area contributed by atoms with Gasteiger partial charge in [-0.25, -0.2) is 0 Å². The molecule has 2 aliphatic carbocycles. The quantitative estimate of drug-likeness (QED) is 0.0701. The van der Waals surface area contributed by atoms with Gasteiger partial charge in [0.15, 0.2) is 0 Å². The zero-order chi connectivity index (χ0) is 34.1. The molecule has 248 valence electrons. The van der Waals surface area contributed by atoms with E-state index in [1.165, 1.54) is 16.7 Å². The van der Waals surface area contributed by atoms with E-state index in [1.54, 1.807) is 13.2 Å². The molecular formula is C41H42O7. The zero-order valence-electron chi connectivity index (χ0n) is 28.3. The van der Waals surface area contributed by atoms with E-state index < -0.39 is 18.4 Å². The molecule has 48 heavy (non-hydrogen) atoms. The normalized spacial score (nSPS) is 15.8. The fourth-order valence-electron chi connectivity index (χ4n) is 7.41. The number of hydrogen-bond donors (Lipinski definition) is 0. The highest BCUT2D eigenvalue weighted by molar-refractivity contribution is 5.93. The largest absolute Gasteiger partial charge is 0.496 e. The van der Waals surface area contributed by atoms with Gasteiger partial charge in [-0.1, -0.05) is 61.4 Å². The topological polar surface area (TPSA) is 88.1 Å². The van der Waals surface area contributed by atoms with Crippen molar-refractivity contribution in [3.63, 3.8) is 0 Å². The predicted molar refractivity (Wildman–Crippen MR) is 183 cm³/mol. The average Bonchev–Trinajstić information content (AvgIpc) is 3.00. The minimum absolute atomic E-state index is 0.0740. The number of rotatable bonds is 11. The van der Waals surface area contributed by atoms with Crippen molar-refractivity contribution in [3.8, 4) is 23.0 Å². The van der Waals surface area contributed by atoms with Crippen LogP contribution >= 0.6 is 0 Å². The van der Waals surface area contributed by atoms with Gasteiger partial charge in [0, 0.05) is 10.8 Å². The van der Waals surface area contributed by atoms with Crippen LogP contribution in [0.1, 0.15) is 89.5 Å². The van der Waals surface area contributed by atoms with E-state index in [9.17, 15) is 14.4 Å². The molecule has 6 rings (SSSR count). The number of aryl methyl sites for hydroxylation is 4. The summed E-state index contributed by atoms with van der Waals surface area (Å²) in [5.41, 5.74) is 8.18. The summed E-state index contributed by atoms with van der Waals surface area (Å²) in [6, 6.07) is 24.1. The molecule has 0 unspecified atom stereocenters. The Labute approximate surface area is 282 Å². The van der Waals surface area contributed by atoms with Crippen molar-refractivity contribution in [2.75, 3.05) is 7.11 Å². The van der Waals surface area contributed by atoms with Crippen LogP contribution in [0.15, 0.2) is 72.8 Å². The van der Waals surface area contributed by atoms with Crippen molar-refractivity contribution in [2.24, 2.45) is 0 Å². The zero-order valence-corrected chi connectivity index (χ0v) is 28.3. The molecule has 0 saturated heterocycles. The van der Waals surface area contributed by atoms with Crippen LogP contribution in [0.25, 0.3) is 0 Å². The van der Waals surface area contributed by atoms with Crippen molar-refractivity contribution < 1.29 is 33.3 Å². The number of carbonyl (C=O) groups excluding carboxylic acids is 3. The second kappa shape index (κ2) is 13.3. The molecule has 0 radical (unpaired) electrons. The van der Waals surface area contributed by atoms with Crippen molar-refractivity contribution in [1.29, 1.82) is 0 Å². The van der Waals surface area contributed by atoms with Gasteiger partial charge >= 0.3 is 11.9 Å². The minimum atomic E-state index is -0.673. The molecule has 4 aromatic rings. The third-order valence-electron chi connectivity index (χ3n) is 10.5. The lowest BCUT2D eigenvalue weighted by Gasteiger charge is -2.43. The Bertz CT molecular complexity index is 1880. The second-order valence-electron chi connectivity index (χ2n) is 13.3. The van der Waals surface area contributed by atoms with Crippen LogP contribution in [-0.4, -0.2) is 25.5 Å². The monoisotopic (exact) mass is 646 g/mol. The Morgan fingerprint density at radius 3 is 1.23 bits per heavy atom. The Balaban J connectivity index is 1.10. The van der Waals surface area contributed by atoms with Crippen LogP contribution in [0, 0.1) is 27.7 Å². The number of ether oxygens (including phenoxy) is 4. The summed E-state index contributed by atoms with van der Waals surface area (Å²) in [6.45, 7) is 8.25. The molecule has 0 heterocycles. The first-order valence-electron chi connectivity index (χ1n) is 16.6. The predicted octanol–water partition coefficient (Wildman–Crippen LogP) is 8.31. The summed E-state index contributed by atoms with van der Waals surface area (Å²) in [5, 5.41) is 0. The highest BCUT2D eigenvalue weighted by atomic mass is 16.6. The first kappa shape index (κ1) is 33.0. The smallest absolute Gasteiger partial charge is 0.322 e. The maximum absolute atomic E-state index is 12.8. The van der Waals surface area contributed by atoms with E-state index in [-0.39, 0.29) is 10.8 Å². The molecule has 2 aliphatic rings. The molecule has 0 N–H and O–H groups in total. The van der Waals surface area contributed by atoms with E-state index in [0.29, 0.717) is 23.7 Å². The summed E-state index contributed by atoms with van der Waals surface area (Å²) in [4.78, 5) is 36.5. The maximum Gasteiger partial charge on any atom is 0.322 e. The van der Waals surface area contributed by atoms with Crippen molar-refractivity contribution in [3.05, 3.63) is 117 Å². The molecule has 0 aliphatic heterocycles. The second-order valence-corrected chi connectivity index (χ2v) is 13.3. The van der Waals surface area contributed by atoms with Gasteiger partial charge in [-0.05, 0) is 122 Å². The van der Waals surface area contributed by atoms with Crippen molar-refractivity contribution >= 4 is 18.4 Å².